The van der Waals surface area contributed by atoms with E-state index < -0.39 is 0 Å². The molecule has 3 aromatic heterocycles. The van der Waals surface area contributed by atoms with Crippen molar-refractivity contribution in [1.82, 2.24) is 24.7 Å². The fourth-order valence-corrected chi connectivity index (χ4v) is 2.12. The Hall–Kier alpha value is -2.22. The summed E-state index contributed by atoms with van der Waals surface area (Å²) in [6, 6.07) is 0. The van der Waals surface area contributed by atoms with Crippen molar-refractivity contribution in [1.29, 1.82) is 0 Å². The van der Waals surface area contributed by atoms with Gasteiger partial charge in [-0.1, -0.05) is 5.16 Å². The number of aromatic nitrogens is 5. The second-order valence-electron chi connectivity index (χ2n) is 3.76. The number of thiazole rings is 1. The molecule has 92 valence electrons. The van der Waals surface area contributed by atoms with Crippen molar-refractivity contribution < 1.29 is 4.52 Å². The van der Waals surface area contributed by atoms with Crippen LogP contribution in [0, 0.1) is 0 Å². The highest BCUT2D eigenvalue weighted by Crippen LogP contribution is 2.17. The Morgan fingerprint density at radius 1 is 1.44 bits per heavy atom. The lowest BCUT2D eigenvalue weighted by molar-refractivity contribution is 0.385. The number of hydrogen-bond acceptors (Lipinski definition) is 7. The van der Waals surface area contributed by atoms with Gasteiger partial charge in [0.1, 0.15) is 5.69 Å². The van der Waals surface area contributed by atoms with Crippen LogP contribution in [0.1, 0.15) is 11.6 Å². The molecular formula is C10H10N6OS. The van der Waals surface area contributed by atoms with Crippen LogP contribution in [-0.4, -0.2) is 24.7 Å². The smallest absolute Gasteiger partial charge is 0.233 e. The summed E-state index contributed by atoms with van der Waals surface area (Å²) in [5, 5.41) is 6.34. The van der Waals surface area contributed by atoms with Gasteiger partial charge in [0.2, 0.25) is 11.7 Å². The Balaban J connectivity index is 1.84. The molecule has 7 nitrogen and oxygen atoms in total. The van der Waals surface area contributed by atoms with Crippen LogP contribution in [0.2, 0.25) is 0 Å². The number of nitrogen functional groups attached to an aromatic ring is 1. The highest BCUT2D eigenvalue weighted by Gasteiger charge is 2.12. The van der Waals surface area contributed by atoms with E-state index in [4.69, 9.17) is 10.3 Å². The highest BCUT2D eigenvalue weighted by molar-refractivity contribution is 7.13. The second kappa shape index (κ2) is 4.22. The quantitative estimate of drug-likeness (QED) is 0.759. The van der Waals surface area contributed by atoms with Gasteiger partial charge in [0.15, 0.2) is 5.13 Å². The molecular weight excluding hydrogens is 252 g/mol. The highest BCUT2D eigenvalue weighted by atomic mass is 32.1. The maximum atomic E-state index is 5.56. The van der Waals surface area contributed by atoms with E-state index in [1.54, 1.807) is 12.5 Å². The molecule has 3 rings (SSSR count). The van der Waals surface area contributed by atoms with Gasteiger partial charge in [-0.2, -0.15) is 4.98 Å². The Morgan fingerprint density at radius 3 is 3.00 bits per heavy atom. The zero-order valence-electron chi connectivity index (χ0n) is 9.57. The third-order valence-electron chi connectivity index (χ3n) is 2.42. The molecule has 0 saturated heterocycles. The van der Waals surface area contributed by atoms with E-state index in [2.05, 4.69) is 20.1 Å². The molecule has 0 unspecified atom stereocenters. The average Bonchev–Trinajstić information content (AvgIpc) is 3.02. The van der Waals surface area contributed by atoms with Gasteiger partial charge in [-0.05, 0) is 0 Å². The lowest BCUT2D eigenvalue weighted by Gasteiger charge is -1.93. The van der Waals surface area contributed by atoms with Crippen LogP contribution in [0.5, 0.6) is 0 Å². The van der Waals surface area contributed by atoms with Crippen LogP contribution < -0.4 is 5.73 Å². The third kappa shape index (κ3) is 1.97. The maximum absolute atomic E-state index is 5.56. The average molecular weight is 262 g/mol. The molecule has 0 bridgehead atoms. The van der Waals surface area contributed by atoms with Crippen molar-refractivity contribution in [3.05, 3.63) is 29.5 Å². The zero-order valence-corrected chi connectivity index (χ0v) is 10.4. The van der Waals surface area contributed by atoms with Gasteiger partial charge in [-0.15, -0.1) is 11.3 Å². The predicted octanol–water partition coefficient (Wildman–Crippen LogP) is 1.10. The molecule has 3 heterocycles. The Morgan fingerprint density at radius 2 is 2.33 bits per heavy atom. The molecule has 0 atom stereocenters. The minimum Gasteiger partial charge on any atom is -0.375 e. The van der Waals surface area contributed by atoms with Crippen LogP contribution in [0.3, 0.4) is 0 Å². The van der Waals surface area contributed by atoms with E-state index in [0.29, 0.717) is 23.3 Å². The van der Waals surface area contributed by atoms with Crippen LogP contribution in [0.4, 0.5) is 5.13 Å². The minimum atomic E-state index is 0.485. The molecule has 0 amide bonds. The largest absolute Gasteiger partial charge is 0.375 e. The molecule has 0 aliphatic heterocycles. The van der Waals surface area contributed by atoms with E-state index in [1.165, 1.54) is 11.3 Å². The third-order valence-corrected chi connectivity index (χ3v) is 3.14. The lowest BCUT2D eigenvalue weighted by atomic mass is 10.3. The van der Waals surface area contributed by atoms with Crippen molar-refractivity contribution >= 4 is 16.5 Å². The SMILES string of the molecule is Cn1cncc1-c1noc(Cc2csc(N)n2)n1. The van der Waals surface area contributed by atoms with E-state index in [9.17, 15) is 0 Å². The number of hydrogen-bond donors (Lipinski definition) is 1. The summed E-state index contributed by atoms with van der Waals surface area (Å²) in [5.41, 5.74) is 7.20. The van der Waals surface area contributed by atoms with Crippen LogP contribution in [-0.2, 0) is 13.5 Å². The standard InChI is InChI=1S/C10H10N6OS/c1-16-5-12-3-7(16)9-14-8(17-15-9)2-6-4-18-10(11)13-6/h3-5H,2H2,1H3,(H2,11,13). The molecule has 0 spiro atoms. The summed E-state index contributed by atoms with van der Waals surface area (Å²) in [6.45, 7) is 0. The Bertz CT molecular complexity index is 669. The molecule has 3 aromatic rings. The van der Waals surface area contributed by atoms with Crippen LogP contribution in [0.25, 0.3) is 11.5 Å². The summed E-state index contributed by atoms with van der Waals surface area (Å²) in [5.74, 6) is 1.03. The summed E-state index contributed by atoms with van der Waals surface area (Å²) >= 11 is 1.39. The molecule has 0 fully saturated rings. The van der Waals surface area contributed by atoms with Gasteiger partial charge in [0, 0.05) is 12.4 Å². The minimum absolute atomic E-state index is 0.485. The van der Waals surface area contributed by atoms with Crippen molar-refractivity contribution in [3.63, 3.8) is 0 Å². The molecule has 0 saturated carbocycles. The first-order valence-corrected chi connectivity index (χ1v) is 6.09. The van der Waals surface area contributed by atoms with Gasteiger partial charge in [-0.25, -0.2) is 9.97 Å². The van der Waals surface area contributed by atoms with Crippen LogP contribution >= 0.6 is 11.3 Å². The summed E-state index contributed by atoms with van der Waals surface area (Å²) in [4.78, 5) is 12.5. The number of rotatable bonds is 3. The van der Waals surface area contributed by atoms with Crippen molar-refractivity contribution in [2.24, 2.45) is 7.05 Å². The first-order valence-electron chi connectivity index (χ1n) is 5.21. The number of imidazole rings is 1. The molecule has 0 aliphatic carbocycles. The number of anilines is 1. The summed E-state index contributed by atoms with van der Waals surface area (Å²) < 4.78 is 7.01. The Labute approximate surface area is 106 Å². The van der Waals surface area contributed by atoms with E-state index in [1.807, 2.05) is 17.0 Å². The predicted molar refractivity (Wildman–Crippen MR) is 65.8 cm³/mol. The molecule has 0 aliphatic rings. The fourth-order valence-electron chi connectivity index (χ4n) is 1.56. The molecule has 0 radical (unpaired) electrons. The lowest BCUT2D eigenvalue weighted by Crippen LogP contribution is -1.92. The van der Waals surface area contributed by atoms with E-state index in [-0.39, 0.29) is 0 Å². The van der Waals surface area contributed by atoms with Crippen molar-refractivity contribution in [2.45, 2.75) is 6.42 Å². The second-order valence-corrected chi connectivity index (χ2v) is 4.65. The number of aryl methyl sites for hydroxylation is 1. The topological polar surface area (TPSA) is 95.7 Å². The maximum Gasteiger partial charge on any atom is 0.233 e. The van der Waals surface area contributed by atoms with Gasteiger partial charge >= 0.3 is 0 Å². The first kappa shape index (κ1) is 10.9. The molecule has 0 aromatic carbocycles. The van der Waals surface area contributed by atoms with Crippen LogP contribution in [0.15, 0.2) is 22.4 Å². The Kier molecular flexibility index (Phi) is 2.56. The molecule has 8 heteroatoms. The van der Waals surface area contributed by atoms with Crippen molar-refractivity contribution in [2.75, 3.05) is 5.73 Å². The van der Waals surface area contributed by atoms with Gasteiger partial charge in [-0.3, -0.25) is 0 Å². The zero-order chi connectivity index (χ0) is 12.5. The normalized spacial score (nSPS) is 10.9. The van der Waals surface area contributed by atoms with Crippen molar-refractivity contribution in [3.8, 4) is 11.5 Å². The first-order chi connectivity index (χ1) is 8.72. The fraction of sp³-hybridized carbons (Fsp3) is 0.200. The monoisotopic (exact) mass is 262 g/mol. The van der Waals surface area contributed by atoms with Gasteiger partial charge < -0.3 is 14.8 Å². The van der Waals surface area contributed by atoms with E-state index in [0.717, 1.165) is 11.4 Å². The van der Waals surface area contributed by atoms with Gasteiger partial charge in [0.25, 0.3) is 0 Å². The van der Waals surface area contributed by atoms with Gasteiger partial charge in [0.05, 0.1) is 24.6 Å². The molecule has 18 heavy (non-hydrogen) atoms. The number of nitrogens with zero attached hydrogens (tertiary/aromatic N) is 5. The summed E-state index contributed by atoms with van der Waals surface area (Å²) in [6.07, 6.45) is 3.86. The number of nitrogens with two attached hydrogens (primary N) is 1. The summed E-state index contributed by atoms with van der Waals surface area (Å²) in [7, 11) is 1.87. The molecule has 2 N–H and O–H groups in total. The van der Waals surface area contributed by atoms with E-state index >= 15 is 0 Å².